The van der Waals surface area contributed by atoms with Crippen molar-refractivity contribution in [3.05, 3.63) is 48.0 Å². The standard InChI is InChI=1S/C17H17NO/c1-2-3-10-18-16-7-5-4-6-14(16)15-9-8-13(12-19)11-17(15)18/h4-9,11-12H,2-3,10H2,1H3. The SMILES string of the molecule is CCCCn1c2ccccc2c2ccc(C=O)cc21. The van der Waals surface area contributed by atoms with Gasteiger partial charge in [0, 0.05) is 33.9 Å². The summed E-state index contributed by atoms with van der Waals surface area (Å²) in [6, 6.07) is 14.4. The third kappa shape index (κ3) is 1.93. The number of carbonyl (C=O) groups is 1. The minimum Gasteiger partial charge on any atom is -0.340 e. The third-order valence-electron chi connectivity index (χ3n) is 3.67. The molecule has 0 radical (unpaired) electrons. The van der Waals surface area contributed by atoms with Gasteiger partial charge in [0.25, 0.3) is 0 Å². The Hall–Kier alpha value is -2.09. The first-order valence-corrected chi connectivity index (χ1v) is 6.81. The Morgan fingerprint density at radius 2 is 1.84 bits per heavy atom. The predicted molar refractivity (Wildman–Crippen MR) is 79.7 cm³/mol. The van der Waals surface area contributed by atoms with Crippen molar-refractivity contribution in [3.63, 3.8) is 0 Å². The number of nitrogens with zero attached hydrogens (tertiary/aromatic N) is 1. The molecular formula is C17H17NO. The molecule has 3 aromatic rings. The predicted octanol–water partition coefficient (Wildman–Crippen LogP) is 4.41. The van der Waals surface area contributed by atoms with Crippen LogP contribution < -0.4 is 0 Å². The number of benzene rings is 2. The van der Waals surface area contributed by atoms with Crippen LogP contribution in [0.25, 0.3) is 21.8 Å². The zero-order chi connectivity index (χ0) is 13.2. The van der Waals surface area contributed by atoms with Gasteiger partial charge in [0.05, 0.1) is 0 Å². The second-order valence-corrected chi connectivity index (χ2v) is 4.92. The number of aryl methyl sites for hydroxylation is 1. The van der Waals surface area contributed by atoms with Crippen molar-refractivity contribution in [1.82, 2.24) is 4.57 Å². The molecule has 96 valence electrons. The number of carbonyl (C=O) groups excluding carboxylic acids is 1. The first kappa shape index (κ1) is 12.0. The molecule has 0 aliphatic rings. The molecule has 0 saturated heterocycles. The molecule has 0 N–H and O–H groups in total. The van der Waals surface area contributed by atoms with Crippen molar-refractivity contribution < 1.29 is 4.79 Å². The van der Waals surface area contributed by atoms with Crippen LogP contribution in [0.1, 0.15) is 30.1 Å². The van der Waals surface area contributed by atoms with Gasteiger partial charge in [-0.25, -0.2) is 0 Å². The number of para-hydroxylation sites is 1. The van der Waals surface area contributed by atoms with Crippen LogP contribution in [0.4, 0.5) is 0 Å². The van der Waals surface area contributed by atoms with Crippen LogP contribution in [-0.2, 0) is 6.54 Å². The van der Waals surface area contributed by atoms with Gasteiger partial charge in [-0.05, 0) is 18.6 Å². The van der Waals surface area contributed by atoms with Gasteiger partial charge in [-0.15, -0.1) is 0 Å². The molecule has 0 unspecified atom stereocenters. The molecule has 2 aromatic carbocycles. The molecule has 0 bridgehead atoms. The van der Waals surface area contributed by atoms with Crippen LogP contribution >= 0.6 is 0 Å². The second kappa shape index (κ2) is 4.88. The Bertz CT molecular complexity index is 739. The van der Waals surface area contributed by atoms with Crippen molar-refractivity contribution in [2.24, 2.45) is 0 Å². The van der Waals surface area contributed by atoms with Crippen molar-refractivity contribution in [1.29, 1.82) is 0 Å². The number of aromatic nitrogens is 1. The fourth-order valence-electron chi connectivity index (χ4n) is 2.70. The quantitative estimate of drug-likeness (QED) is 0.630. The topological polar surface area (TPSA) is 22.0 Å². The van der Waals surface area contributed by atoms with Crippen LogP contribution in [0.15, 0.2) is 42.5 Å². The molecule has 0 amide bonds. The molecule has 0 atom stereocenters. The van der Waals surface area contributed by atoms with Gasteiger partial charge >= 0.3 is 0 Å². The number of hydrogen-bond acceptors (Lipinski definition) is 1. The van der Waals surface area contributed by atoms with Crippen molar-refractivity contribution >= 4 is 28.1 Å². The minimum atomic E-state index is 0.744. The van der Waals surface area contributed by atoms with Crippen molar-refractivity contribution in [2.75, 3.05) is 0 Å². The summed E-state index contributed by atoms with van der Waals surface area (Å²) in [6.45, 7) is 3.20. The summed E-state index contributed by atoms with van der Waals surface area (Å²) in [6.07, 6.45) is 3.24. The molecule has 19 heavy (non-hydrogen) atoms. The van der Waals surface area contributed by atoms with Crippen LogP contribution in [0, 0.1) is 0 Å². The molecule has 0 saturated carbocycles. The summed E-state index contributed by atoms with van der Waals surface area (Å²) in [5.41, 5.74) is 3.17. The highest BCUT2D eigenvalue weighted by molar-refractivity contribution is 6.09. The normalized spacial score (nSPS) is 11.2. The van der Waals surface area contributed by atoms with E-state index < -0.39 is 0 Å². The molecule has 1 heterocycles. The number of aldehydes is 1. The number of hydrogen-bond donors (Lipinski definition) is 0. The van der Waals surface area contributed by atoms with Crippen LogP contribution in [0.3, 0.4) is 0 Å². The van der Waals surface area contributed by atoms with Gasteiger partial charge in [-0.3, -0.25) is 4.79 Å². The molecule has 3 rings (SSSR count). The fourth-order valence-corrected chi connectivity index (χ4v) is 2.70. The van der Waals surface area contributed by atoms with Gasteiger partial charge in [0.1, 0.15) is 6.29 Å². The lowest BCUT2D eigenvalue weighted by molar-refractivity contribution is 0.112. The highest BCUT2D eigenvalue weighted by Gasteiger charge is 2.10. The Labute approximate surface area is 112 Å². The fraction of sp³-hybridized carbons (Fsp3) is 0.235. The zero-order valence-corrected chi connectivity index (χ0v) is 11.1. The number of rotatable bonds is 4. The summed E-state index contributed by atoms with van der Waals surface area (Å²) in [7, 11) is 0. The Morgan fingerprint density at radius 1 is 1.05 bits per heavy atom. The van der Waals surface area contributed by atoms with Gasteiger partial charge in [-0.2, -0.15) is 0 Å². The molecule has 0 spiro atoms. The lowest BCUT2D eigenvalue weighted by atomic mass is 10.1. The molecule has 2 nitrogen and oxygen atoms in total. The average molecular weight is 251 g/mol. The summed E-state index contributed by atoms with van der Waals surface area (Å²) < 4.78 is 2.33. The monoisotopic (exact) mass is 251 g/mol. The third-order valence-corrected chi connectivity index (χ3v) is 3.67. The highest BCUT2D eigenvalue weighted by Crippen LogP contribution is 2.29. The summed E-state index contributed by atoms with van der Waals surface area (Å²) in [5, 5.41) is 2.50. The summed E-state index contributed by atoms with van der Waals surface area (Å²) in [5.74, 6) is 0. The summed E-state index contributed by atoms with van der Waals surface area (Å²) in [4.78, 5) is 11.0. The van der Waals surface area contributed by atoms with Crippen LogP contribution in [0.2, 0.25) is 0 Å². The van der Waals surface area contributed by atoms with Crippen LogP contribution in [-0.4, -0.2) is 10.9 Å². The van der Waals surface area contributed by atoms with E-state index in [1.165, 1.54) is 28.2 Å². The smallest absolute Gasteiger partial charge is 0.150 e. The van der Waals surface area contributed by atoms with E-state index in [9.17, 15) is 4.79 Å². The van der Waals surface area contributed by atoms with E-state index in [2.05, 4.69) is 41.8 Å². The molecule has 0 aliphatic heterocycles. The summed E-state index contributed by atoms with van der Waals surface area (Å²) >= 11 is 0. The van der Waals surface area contributed by atoms with Crippen molar-refractivity contribution in [3.8, 4) is 0 Å². The van der Waals surface area contributed by atoms with Gasteiger partial charge in [-0.1, -0.05) is 43.7 Å². The Morgan fingerprint density at radius 3 is 2.63 bits per heavy atom. The molecule has 0 aliphatic carbocycles. The number of fused-ring (bicyclic) bond motifs is 3. The van der Waals surface area contributed by atoms with E-state index in [1.54, 1.807) is 0 Å². The maximum Gasteiger partial charge on any atom is 0.150 e. The minimum absolute atomic E-state index is 0.744. The van der Waals surface area contributed by atoms with E-state index in [0.717, 1.165) is 24.8 Å². The zero-order valence-electron chi connectivity index (χ0n) is 11.1. The molecule has 2 heteroatoms. The van der Waals surface area contributed by atoms with E-state index in [0.29, 0.717) is 0 Å². The lowest BCUT2D eigenvalue weighted by Crippen LogP contribution is -1.97. The van der Waals surface area contributed by atoms with E-state index >= 15 is 0 Å². The average Bonchev–Trinajstić information content (AvgIpc) is 2.78. The van der Waals surface area contributed by atoms with E-state index in [1.807, 2.05) is 12.1 Å². The maximum absolute atomic E-state index is 11.0. The Balaban J connectivity index is 2.34. The molecule has 1 aromatic heterocycles. The van der Waals surface area contributed by atoms with Gasteiger partial charge in [0.2, 0.25) is 0 Å². The molecular weight excluding hydrogens is 234 g/mol. The van der Waals surface area contributed by atoms with E-state index in [4.69, 9.17) is 0 Å². The maximum atomic E-state index is 11.0. The number of unbranched alkanes of at least 4 members (excludes halogenated alkanes) is 1. The molecule has 0 fully saturated rings. The Kier molecular flexibility index (Phi) is 3.08. The highest BCUT2D eigenvalue weighted by atomic mass is 16.1. The van der Waals surface area contributed by atoms with Gasteiger partial charge < -0.3 is 4.57 Å². The lowest BCUT2D eigenvalue weighted by Gasteiger charge is -2.06. The first-order valence-electron chi connectivity index (χ1n) is 6.81. The van der Waals surface area contributed by atoms with Gasteiger partial charge in [0.15, 0.2) is 0 Å². The first-order chi connectivity index (χ1) is 9.35. The second-order valence-electron chi connectivity index (χ2n) is 4.92. The largest absolute Gasteiger partial charge is 0.340 e. The van der Waals surface area contributed by atoms with Crippen LogP contribution in [0.5, 0.6) is 0 Å². The van der Waals surface area contributed by atoms with Crippen molar-refractivity contribution in [2.45, 2.75) is 26.3 Å². The van der Waals surface area contributed by atoms with E-state index in [-0.39, 0.29) is 0 Å².